The molecule has 7 nitrogen and oxygen atoms in total. The summed E-state index contributed by atoms with van der Waals surface area (Å²) in [7, 11) is 0. The quantitative estimate of drug-likeness (QED) is 0.507. The maximum Gasteiger partial charge on any atom is 0.141 e. The van der Waals surface area contributed by atoms with Crippen LogP contribution in [0.3, 0.4) is 0 Å². The maximum absolute atomic E-state index is 14.0. The van der Waals surface area contributed by atoms with Gasteiger partial charge < -0.3 is 4.98 Å². The van der Waals surface area contributed by atoms with Gasteiger partial charge in [-0.15, -0.1) is 0 Å². The highest BCUT2D eigenvalue weighted by atomic mass is 19.1. The number of hydrogen-bond donors (Lipinski definition) is 1. The second-order valence-electron chi connectivity index (χ2n) is 8.85. The lowest BCUT2D eigenvalue weighted by Gasteiger charge is -2.46. The summed E-state index contributed by atoms with van der Waals surface area (Å²) < 4.78 is 29.1. The molecule has 169 valence electrons. The van der Waals surface area contributed by atoms with Crippen molar-refractivity contribution in [2.45, 2.75) is 25.4 Å². The molecule has 2 fully saturated rings. The lowest BCUT2D eigenvalue weighted by Crippen LogP contribution is -2.56. The molecule has 3 aromatic heterocycles. The van der Waals surface area contributed by atoms with Crippen LogP contribution in [0.1, 0.15) is 18.4 Å². The van der Waals surface area contributed by atoms with E-state index in [-0.39, 0.29) is 0 Å². The van der Waals surface area contributed by atoms with Crippen molar-refractivity contribution in [3.05, 3.63) is 72.4 Å². The van der Waals surface area contributed by atoms with Crippen LogP contribution < -0.4 is 0 Å². The molecule has 5 heterocycles. The van der Waals surface area contributed by atoms with Crippen molar-refractivity contribution in [3.63, 3.8) is 0 Å². The molecule has 33 heavy (non-hydrogen) atoms. The van der Waals surface area contributed by atoms with Gasteiger partial charge in [0.1, 0.15) is 29.7 Å². The SMILES string of the molecule is Fc1ccc(CN2CCC(N3C[C](n4cc(-c5ncnc6[nH]ccc56)cn4)C3)CC2)c(F)c1. The van der Waals surface area contributed by atoms with E-state index in [1.54, 1.807) is 12.4 Å². The highest BCUT2D eigenvalue weighted by molar-refractivity contribution is 5.90. The van der Waals surface area contributed by atoms with Crippen molar-refractivity contribution < 1.29 is 8.78 Å². The van der Waals surface area contributed by atoms with E-state index in [9.17, 15) is 8.78 Å². The molecule has 0 amide bonds. The molecule has 0 aliphatic carbocycles. The molecular weight excluding hydrogens is 424 g/mol. The van der Waals surface area contributed by atoms with Crippen LogP contribution in [0, 0.1) is 17.7 Å². The van der Waals surface area contributed by atoms with E-state index in [0.717, 1.165) is 67.4 Å². The first-order valence-corrected chi connectivity index (χ1v) is 11.2. The molecule has 2 saturated heterocycles. The third-order valence-corrected chi connectivity index (χ3v) is 6.79. The van der Waals surface area contributed by atoms with Crippen molar-refractivity contribution in [2.24, 2.45) is 0 Å². The summed E-state index contributed by atoms with van der Waals surface area (Å²) >= 11 is 0. The second kappa shape index (κ2) is 8.31. The summed E-state index contributed by atoms with van der Waals surface area (Å²) in [5.41, 5.74) is 3.25. The van der Waals surface area contributed by atoms with E-state index < -0.39 is 11.6 Å². The smallest absolute Gasteiger partial charge is 0.141 e. The number of likely N-dealkylation sites (tertiary alicyclic amines) is 2. The van der Waals surface area contributed by atoms with Gasteiger partial charge in [-0.3, -0.25) is 14.5 Å². The Morgan fingerprint density at radius 3 is 2.73 bits per heavy atom. The van der Waals surface area contributed by atoms with Crippen molar-refractivity contribution in [1.82, 2.24) is 34.5 Å². The lowest BCUT2D eigenvalue weighted by atomic mass is 9.97. The fourth-order valence-corrected chi connectivity index (χ4v) is 4.88. The van der Waals surface area contributed by atoms with Gasteiger partial charge in [-0.2, -0.15) is 5.10 Å². The predicted octanol–water partition coefficient (Wildman–Crippen LogP) is 3.46. The third-order valence-electron chi connectivity index (χ3n) is 6.79. The molecule has 0 bridgehead atoms. The Kier molecular flexibility index (Phi) is 5.15. The fraction of sp³-hybridized carbons (Fsp3) is 0.333. The fourth-order valence-electron chi connectivity index (χ4n) is 4.88. The molecule has 0 atom stereocenters. The first kappa shape index (κ1) is 20.4. The van der Waals surface area contributed by atoms with Gasteiger partial charge in [-0.05, 0) is 38.1 Å². The highest BCUT2D eigenvalue weighted by Crippen LogP contribution is 2.30. The number of nitrogens with zero attached hydrogens (tertiary/aromatic N) is 6. The van der Waals surface area contributed by atoms with Crippen LogP contribution in [0.25, 0.3) is 22.3 Å². The average molecular weight is 449 g/mol. The molecule has 1 N–H and O–H groups in total. The van der Waals surface area contributed by atoms with Crippen molar-refractivity contribution in [2.75, 3.05) is 26.2 Å². The number of halogens is 2. The molecule has 4 aromatic rings. The Balaban J connectivity index is 1.03. The van der Waals surface area contributed by atoms with Crippen LogP contribution in [-0.2, 0) is 6.54 Å². The summed E-state index contributed by atoms with van der Waals surface area (Å²) in [5.74, 6) is -0.990. The zero-order valence-corrected chi connectivity index (χ0v) is 18.1. The summed E-state index contributed by atoms with van der Waals surface area (Å²) in [6, 6.07) is 7.63. The second-order valence-corrected chi connectivity index (χ2v) is 8.85. The molecule has 1 aromatic carbocycles. The largest absolute Gasteiger partial charge is 0.346 e. The van der Waals surface area contributed by atoms with Gasteiger partial charge in [-0.25, -0.2) is 18.7 Å². The van der Waals surface area contributed by atoms with Gasteiger partial charge in [0.05, 0.1) is 11.9 Å². The maximum atomic E-state index is 14.0. The van der Waals surface area contributed by atoms with E-state index in [1.807, 2.05) is 29.3 Å². The number of aromatic nitrogens is 5. The molecular formula is C24H24F2N7. The first-order valence-electron chi connectivity index (χ1n) is 11.2. The zero-order valence-electron chi connectivity index (χ0n) is 18.1. The van der Waals surface area contributed by atoms with Gasteiger partial charge >= 0.3 is 0 Å². The lowest BCUT2D eigenvalue weighted by molar-refractivity contribution is 0.0666. The van der Waals surface area contributed by atoms with Crippen molar-refractivity contribution in [1.29, 1.82) is 0 Å². The van der Waals surface area contributed by atoms with Crippen LogP contribution >= 0.6 is 0 Å². The number of hydrogen-bond acceptors (Lipinski definition) is 5. The summed E-state index contributed by atoms with van der Waals surface area (Å²) in [6.45, 7) is 4.17. The minimum atomic E-state index is -0.529. The van der Waals surface area contributed by atoms with E-state index in [4.69, 9.17) is 0 Å². The van der Waals surface area contributed by atoms with Gasteiger partial charge in [-0.1, -0.05) is 6.07 Å². The average Bonchev–Trinajstić information content (AvgIpc) is 3.45. The van der Waals surface area contributed by atoms with Crippen LogP contribution in [0.5, 0.6) is 0 Å². The Labute approximate surface area is 190 Å². The topological polar surface area (TPSA) is 65.9 Å². The van der Waals surface area contributed by atoms with Gasteiger partial charge in [0, 0.05) is 60.6 Å². The Morgan fingerprint density at radius 1 is 1.06 bits per heavy atom. The number of H-pyrrole nitrogens is 1. The van der Waals surface area contributed by atoms with E-state index >= 15 is 0 Å². The van der Waals surface area contributed by atoms with Crippen LogP contribution in [0.15, 0.2) is 49.2 Å². The Morgan fingerprint density at radius 2 is 1.91 bits per heavy atom. The van der Waals surface area contributed by atoms with Gasteiger partial charge in [0.2, 0.25) is 0 Å². The monoisotopic (exact) mass is 448 g/mol. The Bertz CT molecular complexity index is 1270. The Hall–Kier alpha value is -3.17. The van der Waals surface area contributed by atoms with Crippen molar-refractivity contribution in [3.8, 4) is 11.3 Å². The number of fused-ring (bicyclic) bond motifs is 1. The number of rotatable bonds is 5. The summed E-state index contributed by atoms with van der Waals surface area (Å²) in [4.78, 5) is 16.6. The van der Waals surface area contributed by atoms with E-state index in [1.165, 1.54) is 12.1 Å². The number of benzene rings is 1. The minimum absolute atomic E-state index is 0.461. The number of nitrogens with one attached hydrogen (secondary N) is 1. The molecule has 0 saturated carbocycles. The standard InChI is InChI=1S/C24H24F2N7/c25-18-2-1-16(22(26)9-18)11-31-7-4-19(5-8-31)32-13-20(14-32)33-12-17(10-30-33)23-21-3-6-27-24(21)29-15-28-23/h1-3,6,9-10,12,15,19H,4-5,7-8,11,13-14H2,(H,27,28,29). The van der Waals surface area contributed by atoms with Crippen LogP contribution in [0.4, 0.5) is 8.78 Å². The molecule has 1 radical (unpaired) electrons. The molecule has 9 heteroatoms. The van der Waals surface area contributed by atoms with E-state index in [2.05, 4.69) is 29.9 Å². The van der Waals surface area contributed by atoms with Gasteiger partial charge in [0.25, 0.3) is 0 Å². The highest BCUT2D eigenvalue weighted by Gasteiger charge is 2.36. The summed E-state index contributed by atoms with van der Waals surface area (Å²) in [6.07, 6.45) is 9.44. The zero-order chi connectivity index (χ0) is 22.4. The molecule has 0 spiro atoms. The molecule has 2 aliphatic heterocycles. The van der Waals surface area contributed by atoms with Crippen LogP contribution in [0.2, 0.25) is 0 Å². The normalized spacial score (nSPS) is 18.7. The van der Waals surface area contributed by atoms with Crippen LogP contribution in [-0.4, -0.2) is 66.8 Å². The molecule has 6 rings (SSSR count). The predicted molar refractivity (Wildman–Crippen MR) is 120 cm³/mol. The summed E-state index contributed by atoms with van der Waals surface area (Å²) in [5, 5.41) is 5.56. The van der Waals surface area contributed by atoms with Gasteiger partial charge in [0.15, 0.2) is 0 Å². The first-order chi connectivity index (χ1) is 16.1. The minimum Gasteiger partial charge on any atom is -0.346 e. The number of aromatic amines is 1. The van der Waals surface area contributed by atoms with E-state index in [0.29, 0.717) is 18.2 Å². The molecule has 2 aliphatic rings. The molecule has 0 unspecified atom stereocenters. The number of piperidine rings is 1. The third kappa shape index (κ3) is 3.91. The van der Waals surface area contributed by atoms with Crippen molar-refractivity contribution >= 4 is 11.0 Å².